The van der Waals surface area contributed by atoms with Crippen molar-refractivity contribution in [2.45, 2.75) is 25.2 Å². The van der Waals surface area contributed by atoms with Gasteiger partial charge in [-0.15, -0.1) is 0 Å². The third-order valence-electron chi connectivity index (χ3n) is 4.18. The molecule has 2 aliphatic heterocycles. The zero-order chi connectivity index (χ0) is 14.2. The number of amides is 2. The molecule has 2 heterocycles. The van der Waals surface area contributed by atoms with Gasteiger partial charge in [0.15, 0.2) is 0 Å². The highest BCUT2D eigenvalue weighted by atomic mass is 32.2. The Balaban J connectivity index is 2.03. The summed E-state index contributed by atoms with van der Waals surface area (Å²) in [5, 5.41) is 2.41. The normalized spacial score (nSPS) is 30.4. The van der Waals surface area contributed by atoms with Gasteiger partial charge in [0, 0.05) is 17.6 Å². The Morgan fingerprint density at radius 3 is 2.90 bits per heavy atom. The summed E-state index contributed by atoms with van der Waals surface area (Å²) in [6.07, 6.45) is 2.20. The summed E-state index contributed by atoms with van der Waals surface area (Å²) in [5.74, 6) is 0.592. The van der Waals surface area contributed by atoms with Gasteiger partial charge in [-0.25, -0.2) is 4.39 Å². The van der Waals surface area contributed by atoms with Gasteiger partial charge < -0.3 is 0 Å². The maximum atomic E-state index is 13.5. The van der Waals surface area contributed by atoms with Crippen LogP contribution in [0.15, 0.2) is 24.3 Å². The third-order valence-corrected chi connectivity index (χ3v) is 5.54. The summed E-state index contributed by atoms with van der Waals surface area (Å²) in [6.45, 7) is 0. The molecule has 2 aliphatic rings. The average molecular weight is 293 g/mol. The van der Waals surface area contributed by atoms with E-state index in [1.165, 1.54) is 12.1 Å². The van der Waals surface area contributed by atoms with Gasteiger partial charge in [0.25, 0.3) is 0 Å². The minimum absolute atomic E-state index is 0.204. The smallest absolute Gasteiger partial charge is 0.234 e. The molecule has 3 rings (SSSR count). The molecule has 2 atom stereocenters. The van der Waals surface area contributed by atoms with E-state index in [9.17, 15) is 14.0 Å². The van der Waals surface area contributed by atoms with Gasteiger partial charge in [0.1, 0.15) is 5.82 Å². The zero-order valence-electron chi connectivity index (χ0n) is 11.0. The fraction of sp³-hybridized carbons (Fsp3) is 0.467. The molecule has 0 aromatic heterocycles. The molecule has 2 unspecified atom stereocenters. The monoisotopic (exact) mass is 293 g/mol. The molecular weight excluding hydrogens is 277 g/mol. The second kappa shape index (κ2) is 5.20. The number of halogens is 1. The van der Waals surface area contributed by atoms with Gasteiger partial charge in [-0.1, -0.05) is 12.1 Å². The first-order valence-corrected chi connectivity index (χ1v) is 7.93. The Morgan fingerprint density at radius 2 is 2.20 bits per heavy atom. The fourth-order valence-corrected chi connectivity index (χ4v) is 4.70. The lowest BCUT2D eigenvalue weighted by atomic mass is 9.66. The van der Waals surface area contributed by atoms with Crippen LogP contribution in [0.1, 0.15) is 30.7 Å². The van der Waals surface area contributed by atoms with Crippen LogP contribution in [0, 0.1) is 11.2 Å². The molecule has 1 aromatic rings. The zero-order valence-corrected chi connectivity index (χ0v) is 11.8. The SMILES string of the molecule is O=C1CC2(CCCSC2)C(c2cccc(F)c2)C(=O)N1. The molecule has 1 aromatic carbocycles. The molecule has 5 heteroatoms. The second-order valence-electron chi connectivity index (χ2n) is 5.60. The Bertz CT molecular complexity index is 555. The maximum absolute atomic E-state index is 13.5. The number of hydrogen-bond acceptors (Lipinski definition) is 3. The van der Waals surface area contributed by atoms with E-state index in [2.05, 4.69) is 5.32 Å². The van der Waals surface area contributed by atoms with Crippen molar-refractivity contribution in [1.82, 2.24) is 5.32 Å². The van der Waals surface area contributed by atoms with Crippen molar-refractivity contribution in [3.63, 3.8) is 0 Å². The van der Waals surface area contributed by atoms with Crippen molar-refractivity contribution in [1.29, 1.82) is 0 Å². The summed E-state index contributed by atoms with van der Waals surface area (Å²) in [7, 11) is 0. The minimum Gasteiger partial charge on any atom is -0.296 e. The van der Waals surface area contributed by atoms with Crippen LogP contribution < -0.4 is 5.32 Å². The van der Waals surface area contributed by atoms with Crippen LogP contribution in [0.4, 0.5) is 4.39 Å². The first kappa shape index (κ1) is 13.6. The highest BCUT2D eigenvalue weighted by molar-refractivity contribution is 7.99. The Hall–Kier alpha value is -1.36. The Morgan fingerprint density at radius 1 is 1.35 bits per heavy atom. The van der Waals surface area contributed by atoms with E-state index in [0.717, 1.165) is 24.3 Å². The minimum atomic E-state index is -0.427. The standard InChI is InChI=1S/C15H16FNO2S/c16-11-4-1-3-10(7-11)13-14(19)17-12(18)8-15(13)5-2-6-20-9-15/h1,3-4,7,13H,2,5-6,8-9H2,(H,17,18,19). The van der Waals surface area contributed by atoms with Gasteiger partial charge in [0.2, 0.25) is 11.8 Å². The molecule has 1 N–H and O–H groups in total. The van der Waals surface area contributed by atoms with Crippen LogP contribution in [0.3, 0.4) is 0 Å². The summed E-state index contributed by atoms with van der Waals surface area (Å²) in [6, 6.07) is 6.20. The van der Waals surface area contributed by atoms with Crippen LogP contribution in [-0.2, 0) is 9.59 Å². The van der Waals surface area contributed by atoms with Crippen molar-refractivity contribution in [2.24, 2.45) is 5.41 Å². The maximum Gasteiger partial charge on any atom is 0.234 e. The molecule has 0 radical (unpaired) electrons. The fourth-order valence-electron chi connectivity index (χ4n) is 3.39. The van der Waals surface area contributed by atoms with E-state index in [-0.39, 0.29) is 23.0 Å². The van der Waals surface area contributed by atoms with Gasteiger partial charge in [-0.2, -0.15) is 11.8 Å². The number of carbonyl (C=O) groups excluding carboxylic acids is 2. The van der Waals surface area contributed by atoms with Gasteiger partial charge in [-0.3, -0.25) is 14.9 Å². The van der Waals surface area contributed by atoms with Crippen molar-refractivity contribution < 1.29 is 14.0 Å². The first-order chi connectivity index (χ1) is 9.61. The second-order valence-corrected chi connectivity index (χ2v) is 6.70. The largest absolute Gasteiger partial charge is 0.296 e. The number of benzene rings is 1. The van der Waals surface area contributed by atoms with Crippen LogP contribution in [-0.4, -0.2) is 23.3 Å². The molecule has 3 nitrogen and oxygen atoms in total. The number of rotatable bonds is 1. The average Bonchev–Trinajstić information content (AvgIpc) is 2.38. The molecule has 2 amide bonds. The predicted octanol–water partition coefficient (Wildman–Crippen LogP) is 2.47. The Labute approximate surface area is 121 Å². The van der Waals surface area contributed by atoms with Crippen molar-refractivity contribution in [2.75, 3.05) is 11.5 Å². The van der Waals surface area contributed by atoms with E-state index in [4.69, 9.17) is 0 Å². The molecular formula is C15H16FNO2S. The van der Waals surface area contributed by atoms with Crippen molar-refractivity contribution in [3.05, 3.63) is 35.6 Å². The van der Waals surface area contributed by atoms with Crippen molar-refractivity contribution >= 4 is 23.6 Å². The summed E-state index contributed by atoms with van der Waals surface area (Å²) in [5.41, 5.74) is 0.327. The van der Waals surface area contributed by atoms with E-state index < -0.39 is 5.92 Å². The molecule has 2 fully saturated rings. The molecule has 1 spiro atoms. The first-order valence-electron chi connectivity index (χ1n) is 6.78. The number of thioether (sulfide) groups is 1. The number of hydrogen-bond donors (Lipinski definition) is 1. The number of carbonyl (C=O) groups is 2. The van der Waals surface area contributed by atoms with Gasteiger partial charge in [0.05, 0.1) is 5.92 Å². The molecule has 0 aliphatic carbocycles. The molecule has 0 bridgehead atoms. The highest BCUT2D eigenvalue weighted by Crippen LogP contribution is 2.50. The molecule has 106 valence electrons. The van der Waals surface area contributed by atoms with E-state index in [1.54, 1.807) is 23.9 Å². The third kappa shape index (κ3) is 2.35. The Kier molecular flexibility index (Phi) is 3.54. The summed E-state index contributed by atoms with van der Waals surface area (Å²) in [4.78, 5) is 24.1. The van der Waals surface area contributed by atoms with Gasteiger partial charge in [-0.05, 0) is 36.3 Å². The lowest BCUT2D eigenvalue weighted by molar-refractivity contribution is -0.139. The van der Waals surface area contributed by atoms with Crippen LogP contribution >= 0.6 is 11.8 Å². The number of imide groups is 1. The van der Waals surface area contributed by atoms with Crippen LogP contribution in [0.2, 0.25) is 0 Å². The van der Waals surface area contributed by atoms with E-state index >= 15 is 0 Å². The summed E-state index contributed by atoms with van der Waals surface area (Å²) >= 11 is 1.78. The lowest BCUT2D eigenvalue weighted by Crippen LogP contribution is -2.52. The molecule has 20 heavy (non-hydrogen) atoms. The highest BCUT2D eigenvalue weighted by Gasteiger charge is 2.49. The molecule has 0 saturated carbocycles. The number of piperidine rings is 1. The van der Waals surface area contributed by atoms with Crippen LogP contribution in [0.5, 0.6) is 0 Å². The van der Waals surface area contributed by atoms with E-state index in [0.29, 0.717) is 12.0 Å². The lowest BCUT2D eigenvalue weighted by Gasteiger charge is -2.45. The van der Waals surface area contributed by atoms with Crippen LogP contribution in [0.25, 0.3) is 0 Å². The topological polar surface area (TPSA) is 46.2 Å². The van der Waals surface area contributed by atoms with Gasteiger partial charge >= 0.3 is 0 Å². The quantitative estimate of drug-likeness (QED) is 0.809. The van der Waals surface area contributed by atoms with E-state index in [1.807, 2.05) is 0 Å². The predicted molar refractivity (Wildman–Crippen MR) is 75.9 cm³/mol. The molecule has 2 saturated heterocycles. The van der Waals surface area contributed by atoms with Crippen molar-refractivity contribution in [3.8, 4) is 0 Å². The summed E-state index contributed by atoms with van der Waals surface area (Å²) < 4.78 is 13.5. The number of nitrogens with one attached hydrogen (secondary N) is 1.